The molecule has 1 aromatic heterocycles. The minimum Gasteiger partial charge on any atom is -0.327 e. The van der Waals surface area contributed by atoms with Gasteiger partial charge in [0.25, 0.3) is 0 Å². The predicted molar refractivity (Wildman–Crippen MR) is 71.0 cm³/mol. The van der Waals surface area contributed by atoms with Crippen LogP contribution in [0.5, 0.6) is 0 Å². The molecule has 2 aliphatic rings. The first-order valence-corrected chi connectivity index (χ1v) is 6.20. The van der Waals surface area contributed by atoms with Gasteiger partial charge in [-0.15, -0.1) is 12.4 Å². The fraction of sp³-hybridized carbons (Fsp3) is 0.615. The van der Waals surface area contributed by atoms with E-state index < -0.39 is 0 Å². The number of aromatic nitrogens is 1. The molecule has 2 fully saturated rings. The molecule has 1 aromatic rings. The maximum Gasteiger partial charge on any atom is 0.0271 e. The van der Waals surface area contributed by atoms with Crippen molar-refractivity contribution in [1.29, 1.82) is 0 Å². The molecule has 0 amide bonds. The molecule has 17 heavy (non-hydrogen) atoms. The smallest absolute Gasteiger partial charge is 0.0271 e. The summed E-state index contributed by atoms with van der Waals surface area (Å²) in [6, 6.07) is 4.66. The topological polar surface area (TPSA) is 42.1 Å². The van der Waals surface area contributed by atoms with Crippen LogP contribution < -0.4 is 5.73 Å². The molecule has 3 rings (SSSR count). The minimum atomic E-state index is 0. The number of pyridine rings is 1. The third-order valence-corrected chi connectivity index (χ3v) is 4.14. The first kappa shape index (κ1) is 12.8. The number of rotatable bonds is 2. The van der Waals surface area contributed by atoms with Crippen LogP contribution in [-0.4, -0.2) is 29.0 Å². The lowest BCUT2D eigenvalue weighted by Gasteiger charge is -2.18. The Morgan fingerprint density at radius 1 is 1.24 bits per heavy atom. The summed E-state index contributed by atoms with van der Waals surface area (Å²) in [5.41, 5.74) is 7.50. The number of hydrogen-bond acceptors (Lipinski definition) is 3. The van der Waals surface area contributed by atoms with E-state index in [1.54, 1.807) is 0 Å². The molecule has 0 aromatic carbocycles. The lowest BCUT2D eigenvalue weighted by atomic mass is 9.98. The minimum absolute atomic E-state index is 0. The molecule has 3 atom stereocenters. The van der Waals surface area contributed by atoms with E-state index in [1.807, 2.05) is 12.4 Å². The molecule has 0 bridgehead atoms. The van der Waals surface area contributed by atoms with Crippen molar-refractivity contribution in [3.05, 3.63) is 30.1 Å². The van der Waals surface area contributed by atoms with Crippen molar-refractivity contribution in [2.24, 2.45) is 17.6 Å². The molecule has 0 radical (unpaired) electrons. The van der Waals surface area contributed by atoms with Crippen LogP contribution in [-0.2, 0) is 6.54 Å². The van der Waals surface area contributed by atoms with Gasteiger partial charge in [0.2, 0.25) is 0 Å². The second-order valence-corrected chi connectivity index (χ2v) is 5.21. The van der Waals surface area contributed by atoms with Gasteiger partial charge in [-0.05, 0) is 42.4 Å². The van der Waals surface area contributed by atoms with Gasteiger partial charge in [-0.3, -0.25) is 9.88 Å². The Kier molecular flexibility index (Phi) is 4.02. The average Bonchev–Trinajstić information content (AvgIpc) is 2.83. The summed E-state index contributed by atoms with van der Waals surface area (Å²) in [4.78, 5) is 6.60. The summed E-state index contributed by atoms with van der Waals surface area (Å²) in [5, 5.41) is 0. The van der Waals surface area contributed by atoms with E-state index in [0.717, 1.165) is 18.4 Å². The van der Waals surface area contributed by atoms with Crippen LogP contribution >= 0.6 is 12.4 Å². The molecule has 2 heterocycles. The normalized spacial score (nSPS) is 32.2. The monoisotopic (exact) mass is 253 g/mol. The van der Waals surface area contributed by atoms with Gasteiger partial charge in [0, 0.05) is 38.1 Å². The van der Waals surface area contributed by atoms with Gasteiger partial charge in [0.15, 0.2) is 0 Å². The van der Waals surface area contributed by atoms with E-state index in [2.05, 4.69) is 22.0 Å². The van der Waals surface area contributed by atoms with Crippen molar-refractivity contribution in [3.63, 3.8) is 0 Å². The maximum atomic E-state index is 6.14. The number of nitrogens with two attached hydrogens (primary N) is 1. The molecule has 1 saturated heterocycles. The molecule has 94 valence electrons. The molecule has 1 aliphatic carbocycles. The molecule has 0 spiro atoms. The molecular formula is C13H20ClN3. The molecule has 4 heteroatoms. The molecular weight excluding hydrogens is 234 g/mol. The number of halogens is 1. The van der Waals surface area contributed by atoms with Crippen LogP contribution in [0.3, 0.4) is 0 Å². The molecule has 3 nitrogen and oxygen atoms in total. The molecule has 3 unspecified atom stereocenters. The third-order valence-electron chi connectivity index (χ3n) is 4.14. The van der Waals surface area contributed by atoms with Crippen LogP contribution in [0.2, 0.25) is 0 Å². The number of fused-ring (bicyclic) bond motifs is 1. The number of nitrogens with zero attached hydrogens (tertiary/aromatic N) is 2. The van der Waals surface area contributed by atoms with E-state index in [9.17, 15) is 0 Å². The fourth-order valence-electron chi connectivity index (χ4n) is 3.28. The largest absolute Gasteiger partial charge is 0.327 e. The summed E-state index contributed by atoms with van der Waals surface area (Å²) < 4.78 is 0. The average molecular weight is 254 g/mol. The lowest BCUT2D eigenvalue weighted by molar-refractivity contribution is 0.298. The van der Waals surface area contributed by atoms with E-state index >= 15 is 0 Å². The van der Waals surface area contributed by atoms with Gasteiger partial charge in [0.1, 0.15) is 0 Å². The van der Waals surface area contributed by atoms with E-state index in [-0.39, 0.29) is 12.4 Å². The van der Waals surface area contributed by atoms with Crippen molar-refractivity contribution < 1.29 is 0 Å². The summed E-state index contributed by atoms with van der Waals surface area (Å²) in [5.74, 6) is 1.61. The summed E-state index contributed by atoms with van der Waals surface area (Å²) in [7, 11) is 0. The van der Waals surface area contributed by atoms with Crippen LogP contribution in [0, 0.1) is 11.8 Å². The first-order chi connectivity index (χ1) is 7.83. The molecule has 2 N–H and O–H groups in total. The van der Waals surface area contributed by atoms with Gasteiger partial charge >= 0.3 is 0 Å². The van der Waals surface area contributed by atoms with Crippen molar-refractivity contribution in [1.82, 2.24) is 9.88 Å². The second-order valence-electron chi connectivity index (χ2n) is 5.21. The Morgan fingerprint density at radius 3 is 2.71 bits per heavy atom. The zero-order chi connectivity index (χ0) is 11.0. The van der Waals surface area contributed by atoms with Gasteiger partial charge in [-0.2, -0.15) is 0 Å². The van der Waals surface area contributed by atoms with Crippen LogP contribution in [0.1, 0.15) is 18.4 Å². The SMILES string of the molecule is Cl.NC1CCC2CN(Cc3ccncc3)CC12. The lowest BCUT2D eigenvalue weighted by Crippen LogP contribution is -2.30. The zero-order valence-electron chi connectivity index (χ0n) is 9.96. The Balaban J connectivity index is 0.00000108. The number of likely N-dealkylation sites (tertiary alicyclic amines) is 1. The van der Waals surface area contributed by atoms with E-state index in [0.29, 0.717) is 6.04 Å². The Hall–Kier alpha value is -0.640. The standard InChI is InChI=1S/C13H19N3.ClH/c14-13-2-1-11-8-16(9-12(11)13)7-10-3-5-15-6-4-10;/h3-6,11-13H,1-2,7-9,14H2;1H. The van der Waals surface area contributed by atoms with Gasteiger partial charge in [-0.1, -0.05) is 0 Å². The Morgan fingerprint density at radius 2 is 2.00 bits per heavy atom. The molecule has 1 aliphatic heterocycles. The second kappa shape index (κ2) is 5.34. The summed E-state index contributed by atoms with van der Waals surface area (Å²) >= 11 is 0. The van der Waals surface area contributed by atoms with Crippen molar-refractivity contribution in [3.8, 4) is 0 Å². The highest BCUT2D eigenvalue weighted by Gasteiger charge is 2.40. The summed E-state index contributed by atoms with van der Waals surface area (Å²) in [6.07, 6.45) is 6.31. The van der Waals surface area contributed by atoms with Gasteiger partial charge in [-0.25, -0.2) is 0 Å². The third kappa shape index (κ3) is 2.62. The van der Waals surface area contributed by atoms with Gasteiger partial charge in [0.05, 0.1) is 0 Å². The van der Waals surface area contributed by atoms with Crippen molar-refractivity contribution in [2.45, 2.75) is 25.4 Å². The molecule has 1 saturated carbocycles. The van der Waals surface area contributed by atoms with Crippen molar-refractivity contribution >= 4 is 12.4 Å². The Bertz CT molecular complexity index is 357. The highest BCUT2D eigenvalue weighted by Crippen LogP contribution is 2.37. The van der Waals surface area contributed by atoms with Gasteiger partial charge < -0.3 is 5.73 Å². The van der Waals surface area contributed by atoms with Crippen LogP contribution in [0.4, 0.5) is 0 Å². The van der Waals surface area contributed by atoms with Crippen LogP contribution in [0.15, 0.2) is 24.5 Å². The highest BCUT2D eigenvalue weighted by molar-refractivity contribution is 5.85. The predicted octanol–water partition coefficient (Wildman–Crippen LogP) is 1.67. The first-order valence-electron chi connectivity index (χ1n) is 6.20. The van der Waals surface area contributed by atoms with Crippen molar-refractivity contribution in [2.75, 3.05) is 13.1 Å². The van der Waals surface area contributed by atoms with Crippen LogP contribution in [0.25, 0.3) is 0 Å². The fourth-order valence-corrected chi connectivity index (χ4v) is 3.28. The quantitative estimate of drug-likeness (QED) is 0.872. The zero-order valence-corrected chi connectivity index (χ0v) is 10.8. The van der Waals surface area contributed by atoms with E-state index in [4.69, 9.17) is 5.73 Å². The maximum absolute atomic E-state index is 6.14. The van der Waals surface area contributed by atoms with E-state index in [1.165, 1.54) is 31.5 Å². The Labute approximate surface area is 109 Å². The highest BCUT2D eigenvalue weighted by atomic mass is 35.5. The summed E-state index contributed by atoms with van der Waals surface area (Å²) in [6.45, 7) is 3.48. The number of hydrogen-bond donors (Lipinski definition) is 1.